The lowest BCUT2D eigenvalue weighted by atomic mass is 10.0. The van der Waals surface area contributed by atoms with Crippen LogP contribution < -0.4 is 10.6 Å². The lowest BCUT2D eigenvalue weighted by Crippen LogP contribution is -2.13. The highest BCUT2D eigenvalue weighted by molar-refractivity contribution is 6.05. The number of hydrogen-bond acceptors (Lipinski definition) is 3. The summed E-state index contributed by atoms with van der Waals surface area (Å²) in [6.07, 6.45) is 6.75. The summed E-state index contributed by atoms with van der Waals surface area (Å²) in [5.74, 6) is 1.03. The van der Waals surface area contributed by atoms with Gasteiger partial charge in [0.15, 0.2) is 0 Å². The van der Waals surface area contributed by atoms with Gasteiger partial charge in [0.2, 0.25) is 5.91 Å². The quantitative estimate of drug-likeness (QED) is 0.688. The van der Waals surface area contributed by atoms with Crippen LogP contribution in [-0.4, -0.2) is 21.4 Å². The number of amides is 2. The number of anilines is 2. The van der Waals surface area contributed by atoms with Crippen molar-refractivity contribution in [1.29, 1.82) is 0 Å². The lowest BCUT2D eigenvalue weighted by molar-refractivity contribution is -0.116. The van der Waals surface area contributed by atoms with E-state index in [9.17, 15) is 9.59 Å². The molecule has 0 saturated carbocycles. The van der Waals surface area contributed by atoms with Gasteiger partial charge in [-0.05, 0) is 67.6 Å². The second-order valence-corrected chi connectivity index (χ2v) is 7.92. The average Bonchev–Trinajstić information content (AvgIpc) is 2.86. The number of benzene rings is 2. The van der Waals surface area contributed by atoms with E-state index in [0.29, 0.717) is 12.0 Å². The predicted molar refractivity (Wildman–Crippen MR) is 113 cm³/mol. The number of hydrogen-bond donors (Lipinski definition) is 2. The minimum absolute atomic E-state index is 0.0349. The number of fused-ring (bicyclic) bond motifs is 4. The van der Waals surface area contributed by atoms with Gasteiger partial charge in [0.1, 0.15) is 5.82 Å². The number of imidazole rings is 1. The van der Waals surface area contributed by atoms with E-state index < -0.39 is 0 Å². The van der Waals surface area contributed by atoms with Crippen LogP contribution in [0.3, 0.4) is 0 Å². The maximum absolute atomic E-state index is 12.8. The Labute approximate surface area is 169 Å². The Morgan fingerprint density at radius 1 is 1.00 bits per heavy atom. The summed E-state index contributed by atoms with van der Waals surface area (Å²) in [7, 11) is 0. The van der Waals surface area contributed by atoms with Crippen LogP contribution in [0.1, 0.15) is 53.8 Å². The SMILES string of the molecule is O=C1CCCc2cc(C(=O)Nc3ccc4c(c3)nc3n4CCCCC3)ccc2N1. The molecule has 0 radical (unpaired) electrons. The molecule has 6 heteroatoms. The van der Waals surface area contributed by atoms with Crippen LogP contribution in [-0.2, 0) is 24.2 Å². The lowest BCUT2D eigenvalue weighted by Gasteiger charge is -2.10. The number of rotatable bonds is 2. The zero-order valence-electron chi connectivity index (χ0n) is 16.3. The molecule has 0 saturated heterocycles. The molecule has 0 fully saturated rings. The van der Waals surface area contributed by atoms with Crippen LogP contribution in [0.15, 0.2) is 36.4 Å². The molecule has 1 aromatic heterocycles. The second-order valence-electron chi connectivity index (χ2n) is 7.92. The van der Waals surface area contributed by atoms with Crippen LogP contribution in [0.25, 0.3) is 11.0 Å². The number of nitrogens with one attached hydrogen (secondary N) is 2. The summed E-state index contributed by atoms with van der Waals surface area (Å²) < 4.78 is 2.31. The zero-order valence-corrected chi connectivity index (χ0v) is 16.3. The summed E-state index contributed by atoms with van der Waals surface area (Å²) in [5, 5.41) is 5.90. The molecular weight excluding hydrogens is 364 g/mol. The highest BCUT2D eigenvalue weighted by Gasteiger charge is 2.17. The minimum atomic E-state index is -0.150. The van der Waals surface area contributed by atoms with Gasteiger partial charge in [-0.3, -0.25) is 9.59 Å². The minimum Gasteiger partial charge on any atom is -0.328 e. The first-order valence-corrected chi connectivity index (χ1v) is 10.4. The zero-order chi connectivity index (χ0) is 19.8. The van der Waals surface area contributed by atoms with Crippen LogP contribution in [0.4, 0.5) is 11.4 Å². The van der Waals surface area contributed by atoms with Crippen molar-refractivity contribution in [3.8, 4) is 0 Å². The number of carbonyl (C=O) groups is 2. The Kier molecular flexibility index (Phi) is 4.54. The molecule has 2 aromatic carbocycles. The van der Waals surface area contributed by atoms with E-state index >= 15 is 0 Å². The maximum atomic E-state index is 12.8. The van der Waals surface area contributed by atoms with Crippen LogP contribution in [0.5, 0.6) is 0 Å². The smallest absolute Gasteiger partial charge is 0.255 e. The number of nitrogens with zero attached hydrogens (tertiary/aromatic N) is 2. The fourth-order valence-corrected chi connectivity index (χ4v) is 4.35. The van der Waals surface area contributed by atoms with E-state index in [2.05, 4.69) is 21.3 Å². The van der Waals surface area contributed by atoms with Gasteiger partial charge in [-0.25, -0.2) is 4.98 Å². The number of aromatic nitrogens is 2. The van der Waals surface area contributed by atoms with Gasteiger partial charge in [-0.15, -0.1) is 0 Å². The molecule has 0 bridgehead atoms. The number of aryl methyl sites for hydroxylation is 3. The van der Waals surface area contributed by atoms with Gasteiger partial charge in [0.05, 0.1) is 11.0 Å². The van der Waals surface area contributed by atoms with Crippen molar-refractivity contribution < 1.29 is 9.59 Å². The van der Waals surface area contributed by atoms with Crippen molar-refractivity contribution in [3.63, 3.8) is 0 Å². The highest BCUT2D eigenvalue weighted by Crippen LogP contribution is 2.26. The standard InChI is InChI=1S/C23H24N4O2/c28-22-7-4-5-15-13-16(8-10-18(15)26-22)23(29)24-17-9-11-20-19(14-17)25-21-6-2-1-3-12-27(20)21/h8-11,13-14H,1-7,12H2,(H,24,29)(H,26,28). The van der Waals surface area contributed by atoms with Gasteiger partial charge >= 0.3 is 0 Å². The Hall–Kier alpha value is -3.15. The summed E-state index contributed by atoms with van der Waals surface area (Å²) in [6.45, 7) is 1.02. The van der Waals surface area contributed by atoms with Crippen molar-refractivity contribution in [3.05, 3.63) is 53.3 Å². The van der Waals surface area contributed by atoms with E-state index in [1.807, 2.05) is 24.3 Å². The first-order valence-electron chi connectivity index (χ1n) is 10.4. The molecule has 3 aromatic rings. The summed E-state index contributed by atoms with van der Waals surface area (Å²) in [6, 6.07) is 11.4. The average molecular weight is 388 g/mol. The van der Waals surface area contributed by atoms with Crippen LogP contribution in [0, 0.1) is 0 Å². The van der Waals surface area contributed by atoms with Crippen molar-refractivity contribution >= 4 is 34.2 Å². The van der Waals surface area contributed by atoms with Crippen molar-refractivity contribution in [1.82, 2.24) is 9.55 Å². The van der Waals surface area contributed by atoms with Gasteiger partial charge in [0.25, 0.3) is 5.91 Å². The highest BCUT2D eigenvalue weighted by atomic mass is 16.2. The monoisotopic (exact) mass is 388 g/mol. The van der Waals surface area contributed by atoms with Gasteiger partial charge < -0.3 is 15.2 Å². The normalized spacial score (nSPS) is 16.3. The number of carbonyl (C=O) groups excluding carboxylic acids is 2. The van der Waals surface area contributed by atoms with Crippen molar-refractivity contribution in [2.75, 3.05) is 10.6 Å². The van der Waals surface area contributed by atoms with E-state index in [1.54, 1.807) is 6.07 Å². The molecule has 6 nitrogen and oxygen atoms in total. The van der Waals surface area contributed by atoms with Crippen LogP contribution in [0.2, 0.25) is 0 Å². The summed E-state index contributed by atoms with van der Waals surface area (Å²) >= 11 is 0. The van der Waals surface area contributed by atoms with Crippen molar-refractivity contribution in [2.24, 2.45) is 0 Å². The predicted octanol–water partition coefficient (Wildman–Crippen LogP) is 4.29. The van der Waals surface area contributed by atoms with E-state index in [4.69, 9.17) is 4.98 Å². The molecule has 0 atom stereocenters. The molecule has 3 heterocycles. The molecule has 0 spiro atoms. The maximum Gasteiger partial charge on any atom is 0.255 e. The molecular formula is C23H24N4O2. The van der Waals surface area contributed by atoms with Gasteiger partial charge in [0, 0.05) is 36.3 Å². The molecule has 148 valence electrons. The fourth-order valence-electron chi connectivity index (χ4n) is 4.35. The summed E-state index contributed by atoms with van der Waals surface area (Å²) in [5.41, 5.74) is 5.24. The van der Waals surface area contributed by atoms with Crippen molar-refractivity contribution in [2.45, 2.75) is 51.5 Å². The third-order valence-electron chi connectivity index (χ3n) is 5.86. The molecule has 2 aliphatic heterocycles. The summed E-state index contributed by atoms with van der Waals surface area (Å²) in [4.78, 5) is 29.3. The molecule has 0 aliphatic carbocycles. The fraction of sp³-hybridized carbons (Fsp3) is 0.348. The second kappa shape index (κ2) is 7.35. The first-order chi connectivity index (χ1) is 14.2. The third-order valence-corrected chi connectivity index (χ3v) is 5.86. The first kappa shape index (κ1) is 17.9. The largest absolute Gasteiger partial charge is 0.328 e. The van der Waals surface area contributed by atoms with E-state index in [-0.39, 0.29) is 11.8 Å². The molecule has 29 heavy (non-hydrogen) atoms. The Morgan fingerprint density at radius 3 is 2.86 bits per heavy atom. The molecule has 5 rings (SSSR count). The Bertz CT molecular complexity index is 1120. The van der Waals surface area contributed by atoms with Gasteiger partial charge in [-0.1, -0.05) is 6.42 Å². The van der Waals surface area contributed by atoms with E-state index in [0.717, 1.165) is 59.6 Å². The Morgan fingerprint density at radius 2 is 1.93 bits per heavy atom. The van der Waals surface area contributed by atoms with Gasteiger partial charge in [-0.2, -0.15) is 0 Å². The Balaban J connectivity index is 1.38. The topological polar surface area (TPSA) is 76.0 Å². The third kappa shape index (κ3) is 3.50. The molecule has 2 N–H and O–H groups in total. The molecule has 2 aliphatic rings. The van der Waals surface area contributed by atoms with E-state index in [1.165, 1.54) is 19.3 Å². The molecule has 0 unspecified atom stereocenters. The molecule has 2 amide bonds. The van der Waals surface area contributed by atoms with Crippen LogP contribution >= 0.6 is 0 Å².